The van der Waals surface area contributed by atoms with Crippen molar-refractivity contribution in [2.45, 2.75) is 29.4 Å². The zero-order chi connectivity index (χ0) is 61.9. The molecule has 0 aliphatic rings. The van der Waals surface area contributed by atoms with Gasteiger partial charge < -0.3 is 35.9 Å². The van der Waals surface area contributed by atoms with E-state index in [2.05, 4.69) is 69.0 Å². The van der Waals surface area contributed by atoms with E-state index in [0.29, 0.717) is 36.2 Å². The Balaban J connectivity index is 1.24. The molecule has 35 nitrogen and oxygen atoms in total. The second kappa shape index (κ2) is 25.4. The van der Waals surface area contributed by atoms with Crippen molar-refractivity contribution in [3.05, 3.63) is 103 Å². The van der Waals surface area contributed by atoms with Crippen LogP contribution in [0.15, 0.2) is 167 Å². The summed E-state index contributed by atoms with van der Waals surface area (Å²) >= 11 is 0.861. The van der Waals surface area contributed by atoms with Gasteiger partial charge in [-0.1, -0.05) is 27.2 Å². The van der Waals surface area contributed by atoms with Gasteiger partial charge in [0, 0.05) is 26.4 Å². The molecular formula is C43H30N9O26PS6. The fraction of sp³-hybridized carbons (Fsp3) is 0. The fourth-order valence-corrected chi connectivity index (χ4v) is 11.8. The van der Waals surface area contributed by atoms with E-state index in [1.54, 1.807) is 0 Å². The van der Waals surface area contributed by atoms with E-state index < -0.39 is 147 Å². The van der Waals surface area contributed by atoms with Crippen molar-refractivity contribution in [2.24, 2.45) is 40.9 Å². The Morgan fingerprint density at radius 2 is 1.08 bits per heavy atom. The van der Waals surface area contributed by atoms with Crippen molar-refractivity contribution in [2.75, 3.05) is 5.73 Å². The van der Waals surface area contributed by atoms with Crippen LogP contribution in [0.1, 0.15) is 10.4 Å². The summed E-state index contributed by atoms with van der Waals surface area (Å²) < 4.78 is 134. The van der Waals surface area contributed by atoms with Gasteiger partial charge in [0.1, 0.15) is 48.8 Å². The van der Waals surface area contributed by atoms with Crippen molar-refractivity contribution >= 4 is 169 Å². The largest absolute Gasteiger partial charge is 0.505 e. The first kappa shape index (κ1) is 63.2. The van der Waals surface area contributed by atoms with Gasteiger partial charge in [0.2, 0.25) is 0 Å². The number of nitrogens with zero attached hydrogens (tertiary/aromatic N) is 8. The summed E-state index contributed by atoms with van der Waals surface area (Å²) in [5.41, 5.74) is 0.798. The Hall–Kier alpha value is -7.82. The van der Waals surface area contributed by atoms with Gasteiger partial charge >= 0.3 is 13.6 Å². The maximum Gasteiger partial charge on any atom is 0.356 e. The third kappa shape index (κ3) is 14.0. The van der Waals surface area contributed by atoms with E-state index in [1.165, 1.54) is 36.4 Å². The van der Waals surface area contributed by atoms with Crippen molar-refractivity contribution < 1.29 is 122 Å². The summed E-state index contributed by atoms with van der Waals surface area (Å²) in [5.74, 6) is -4.42. The van der Waals surface area contributed by atoms with E-state index in [-0.39, 0.29) is 49.7 Å². The molecule has 0 aromatic heterocycles. The maximum atomic E-state index is 13.1. The SMILES string of the molecule is Nc1c(N=Nc2ccc3c(O)c(N=Nc4cccc(P(=O)(O)O)c4)c(S(=O)(=O)O)cc3c2S(=O)(=O)O)cc(S(=O)(=O)O)c2cc(SOOO)c(N=Nc3ccc4cc(SOOO)c(N=Nc5ccc(SOOO)cc5C(=O)O)c(O)c4c3)c(O)c12. The Bertz CT molecular complexity index is 4590. The van der Waals surface area contributed by atoms with Crippen molar-refractivity contribution in [3.8, 4) is 17.2 Å². The molecule has 0 atom stereocenters. The number of carboxylic acids is 1. The monoisotopic (exact) mass is 1310 g/mol. The standard InChI is InChI=1S/C43H30N9O26PS6/c44-35-29(49-48-28-9-7-22-24(42(28)85(70,71)72)15-33(84(67,68)69)38(39(22)53)52-45-18-2-1-3-20(11-18)79(61,62)63)16-32(83(64,65)66)26-14-31(82-78-75-60)37(41(55)34(26)35)50-46-19-5-4-17-10-30(81-77-74-59)36(40(54)23(17)12-19)51-47-27-8-6-21(80-76-73-58)13-25(27)43(56)57/h1-16,53-55,58-60H,44H2,(H,56,57)(H2,61,62,63)(H,64,65,66)(H,67,68,69)(H,70,71,72). The summed E-state index contributed by atoms with van der Waals surface area (Å²) in [7, 11) is -21.4. The molecule has 0 saturated heterocycles. The van der Waals surface area contributed by atoms with Gasteiger partial charge in [-0.05, 0) is 90.3 Å². The molecule has 0 fully saturated rings. The molecule has 0 aliphatic heterocycles. The number of carboxylic acid groups (broad SMARTS) is 1. The van der Waals surface area contributed by atoms with Crippen molar-refractivity contribution in [3.63, 3.8) is 0 Å². The maximum absolute atomic E-state index is 13.1. The number of azo groups is 4. The second-order valence-corrected chi connectivity index (χ2v) is 24.3. The van der Waals surface area contributed by atoms with Crippen molar-refractivity contribution in [1.29, 1.82) is 0 Å². The number of benzene rings is 8. The number of carbonyl (C=O) groups is 1. The fourth-order valence-electron chi connectivity index (χ4n) is 7.69. The molecular weight excluding hydrogens is 1280 g/mol. The van der Waals surface area contributed by atoms with Crippen LogP contribution in [0, 0.1) is 0 Å². The molecule has 8 rings (SSSR count). The highest BCUT2D eigenvalue weighted by molar-refractivity contribution is 7.95. The van der Waals surface area contributed by atoms with Gasteiger partial charge in [-0.25, -0.2) is 20.6 Å². The molecule has 8 aromatic rings. The van der Waals surface area contributed by atoms with Gasteiger partial charge in [-0.2, -0.15) is 35.5 Å². The molecule has 0 radical (unpaired) electrons. The topological polar surface area (TPSA) is 560 Å². The first-order valence-corrected chi connectivity index (χ1v) is 30.0. The Kier molecular flexibility index (Phi) is 18.9. The minimum Gasteiger partial charge on any atom is -0.505 e. The molecule has 0 amide bonds. The van der Waals surface area contributed by atoms with Crippen LogP contribution in [0.5, 0.6) is 17.2 Å². The Morgan fingerprint density at radius 3 is 1.71 bits per heavy atom. The average Bonchev–Trinajstić information content (AvgIpc) is 2.24. The number of phenolic OH excluding ortho intramolecular Hbond substituents is 3. The Labute approximate surface area is 484 Å². The minimum absolute atomic E-state index is 0.0604. The molecule has 0 saturated carbocycles. The second-order valence-electron chi connectivity index (χ2n) is 16.3. The van der Waals surface area contributed by atoms with E-state index in [1.807, 2.05) is 0 Å². The predicted molar refractivity (Wildman–Crippen MR) is 291 cm³/mol. The lowest BCUT2D eigenvalue weighted by Gasteiger charge is -2.15. The Morgan fingerprint density at radius 1 is 0.518 bits per heavy atom. The smallest absolute Gasteiger partial charge is 0.356 e. The van der Waals surface area contributed by atoms with Gasteiger partial charge in [0.05, 0.1) is 79.2 Å². The number of aromatic hydroxyl groups is 3. The average molecular weight is 1310 g/mol. The van der Waals surface area contributed by atoms with E-state index in [9.17, 15) is 78.5 Å². The van der Waals surface area contributed by atoms with Crippen LogP contribution in [0.2, 0.25) is 0 Å². The third-order valence-electron chi connectivity index (χ3n) is 11.2. The highest BCUT2D eigenvalue weighted by atomic mass is 32.2. The van der Waals surface area contributed by atoms with Crippen LogP contribution in [0.25, 0.3) is 32.3 Å². The number of anilines is 1. The minimum atomic E-state index is -5.62. The van der Waals surface area contributed by atoms with E-state index in [4.69, 9.17) is 21.5 Å². The van der Waals surface area contributed by atoms with Gasteiger partial charge in [-0.3, -0.25) is 18.2 Å². The van der Waals surface area contributed by atoms with E-state index >= 15 is 0 Å². The number of nitrogens with two attached hydrogens (primary N) is 1. The summed E-state index contributed by atoms with van der Waals surface area (Å²) in [5, 5.41) is 110. The molecule has 0 unspecified atom stereocenters. The molecule has 42 heteroatoms. The zero-order valence-electron chi connectivity index (χ0n) is 40.9. The summed E-state index contributed by atoms with van der Waals surface area (Å²) in [6, 6.07) is 16.6. The highest BCUT2D eigenvalue weighted by Crippen LogP contribution is 2.52. The van der Waals surface area contributed by atoms with Crippen LogP contribution < -0.4 is 11.0 Å². The number of phenols is 3. The van der Waals surface area contributed by atoms with Crippen molar-refractivity contribution in [1.82, 2.24) is 0 Å². The van der Waals surface area contributed by atoms with E-state index in [0.717, 1.165) is 48.5 Å². The molecule has 85 heavy (non-hydrogen) atoms. The van der Waals surface area contributed by atoms with Gasteiger partial charge in [0.15, 0.2) is 17.2 Å². The third-order valence-corrected chi connectivity index (χ3v) is 16.7. The lowest BCUT2D eigenvalue weighted by Crippen LogP contribution is -2.03. The molecule has 444 valence electrons. The summed E-state index contributed by atoms with van der Waals surface area (Å²) in [6.07, 6.45) is 0. The molecule has 0 spiro atoms. The number of hydrogen-bond acceptors (Lipinski definition) is 32. The lowest BCUT2D eigenvalue weighted by molar-refractivity contribution is -0.432. The summed E-state index contributed by atoms with van der Waals surface area (Å²) in [4.78, 5) is 27.1. The first-order valence-electron chi connectivity index (χ1n) is 21.9. The number of fused-ring (bicyclic) bond motifs is 3. The first-order chi connectivity index (χ1) is 40.0. The normalized spacial score (nSPS) is 12.8. The lowest BCUT2D eigenvalue weighted by atomic mass is 10.0. The quantitative estimate of drug-likeness (QED) is 0.00570. The highest BCUT2D eigenvalue weighted by Gasteiger charge is 2.30. The number of aromatic carboxylic acids is 1. The van der Waals surface area contributed by atoms with Gasteiger partial charge in [-0.15, -0.1) is 43.7 Å². The summed E-state index contributed by atoms with van der Waals surface area (Å²) in [6.45, 7) is 0. The number of rotatable bonds is 22. The number of nitrogen functional groups attached to an aromatic ring is 1. The molecule has 0 heterocycles. The van der Waals surface area contributed by atoms with Crippen LogP contribution in [0.4, 0.5) is 51.2 Å². The molecule has 14 N–H and O–H groups in total. The van der Waals surface area contributed by atoms with Crippen LogP contribution in [-0.4, -0.2) is 90.9 Å². The van der Waals surface area contributed by atoms with Crippen LogP contribution >= 0.6 is 43.7 Å². The predicted octanol–water partition coefficient (Wildman–Crippen LogP) is 11.0. The molecule has 0 aliphatic carbocycles. The molecule has 8 aromatic carbocycles. The van der Waals surface area contributed by atoms with Gasteiger partial charge in [0.25, 0.3) is 30.4 Å². The number of hydrogen-bond donors (Lipinski definition) is 13. The van der Waals surface area contributed by atoms with Crippen LogP contribution in [-0.2, 0) is 63.0 Å². The van der Waals surface area contributed by atoms with Crippen LogP contribution in [0.3, 0.4) is 0 Å². The zero-order valence-corrected chi connectivity index (χ0v) is 46.7. The molecule has 0 bridgehead atoms.